The number of hydrogen-bond acceptors (Lipinski definition) is 5. The van der Waals surface area contributed by atoms with Gasteiger partial charge in [0.15, 0.2) is 0 Å². The Bertz CT molecular complexity index is 475. The lowest BCUT2D eigenvalue weighted by atomic mass is 10.1. The molecule has 110 valence electrons. The van der Waals surface area contributed by atoms with E-state index >= 15 is 0 Å². The minimum absolute atomic E-state index is 0.0288. The van der Waals surface area contributed by atoms with Crippen LogP contribution in [0.1, 0.15) is 27.7 Å². The molecule has 1 fully saturated rings. The first kappa shape index (κ1) is 14.6. The van der Waals surface area contributed by atoms with Crippen molar-refractivity contribution >= 4 is 17.5 Å². The van der Waals surface area contributed by atoms with Gasteiger partial charge in [0, 0.05) is 44.7 Å². The second kappa shape index (κ2) is 5.64. The first-order valence-corrected chi connectivity index (χ1v) is 6.96. The average molecular weight is 277 g/mol. The highest BCUT2D eigenvalue weighted by Gasteiger charge is 2.20. The van der Waals surface area contributed by atoms with Gasteiger partial charge in [-0.2, -0.15) is 0 Å². The van der Waals surface area contributed by atoms with Crippen molar-refractivity contribution < 1.29 is 4.79 Å². The van der Waals surface area contributed by atoms with Crippen LogP contribution >= 0.6 is 0 Å². The Morgan fingerprint density at radius 2 is 1.85 bits per heavy atom. The van der Waals surface area contributed by atoms with E-state index in [1.165, 1.54) is 0 Å². The maximum absolute atomic E-state index is 11.3. The van der Waals surface area contributed by atoms with Crippen LogP contribution in [0.15, 0.2) is 12.4 Å². The lowest BCUT2D eigenvalue weighted by molar-refractivity contribution is -0.129. The van der Waals surface area contributed by atoms with E-state index in [4.69, 9.17) is 0 Å². The number of carbonyl (C=O) groups excluding carboxylic acids is 1. The molecule has 0 radical (unpaired) electrons. The predicted molar refractivity (Wildman–Crippen MR) is 79.9 cm³/mol. The van der Waals surface area contributed by atoms with Crippen LogP contribution in [-0.2, 0) is 4.79 Å². The van der Waals surface area contributed by atoms with E-state index in [2.05, 4.69) is 41.0 Å². The van der Waals surface area contributed by atoms with Gasteiger partial charge in [0.25, 0.3) is 0 Å². The van der Waals surface area contributed by atoms with Crippen LogP contribution in [0.25, 0.3) is 0 Å². The van der Waals surface area contributed by atoms with Gasteiger partial charge in [-0.3, -0.25) is 4.79 Å². The Morgan fingerprint density at radius 3 is 2.40 bits per heavy atom. The summed E-state index contributed by atoms with van der Waals surface area (Å²) < 4.78 is 0. The number of amides is 1. The van der Waals surface area contributed by atoms with E-state index in [-0.39, 0.29) is 11.4 Å². The zero-order valence-electron chi connectivity index (χ0n) is 12.7. The summed E-state index contributed by atoms with van der Waals surface area (Å²) >= 11 is 0. The maximum Gasteiger partial charge on any atom is 0.219 e. The number of nitrogens with zero attached hydrogens (tertiary/aromatic N) is 4. The van der Waals surface area contributed by atoms with Crippen molar-refractivity contribution in [3.05, 3.63) is 12.4 Å². The summed E-state index contributed by atoms with van der Waals surface area (Å²) in [6.07, 6.45) is 1.58. The highest BCUT2D eigenvalue weighted by atomic mass is 16.2. The van der Waals surface area contributed by atoms with Crippen LogP contribution < -0.4 is 10.2 Å². The third kappa shape index (κ3) is 3.82. The number of carbonyl (C=O) groups is 1. The van der Waals surface area contributed by atoms with E-state index in [9.17, 15) is 4.79 Å². The van der Waals surface area contributed by atoms with E-state index in [1.54, 1.807) is 13.3 Å². The van der Waals surface area contributed by atoms with E-state index < -0.39 is 0 Å². The molecule has 1 amide bonds. The third-order valence-corrected chi connectivity index (χ3v) is 3.20. The fourth-order valence-electron chi connectivity index (χ4n) is 2.22. The van der Waals surface area contributed by atoms with Crippen molar-refractivity contribution in [1.82, 2.24) is 14.9 Å². The molecule has 20 heavy (non-hydrogen) atoms. The summed E-state index contributed by atoms with van der Waals surface area (Å²) in [5.74, 6) is 1.88. The van der Waals surface area contributed by atoms with Crippen molar-refractivity contribution in [2.24, 2.45) is 0 Å². The summed E-state index contributed by atoms with van der Waals surface area (Å²) in [6.45, 7) is 11.0. The fourth-order valence-corrected chi connectivity index (χ4v) is 2.22. The van der Waals surface area contributed by atoms with Crippen molar-refractivity contribution in [2.75, 3.05) is 36.4 Å². The van der Waals surface area contributed by atoms with Gasteiger partial charge in [-0.05, 0) is 20.8 Å². The Balaban J connectivity index is 2.03. The predicted octanol–water partition coefficient (Wildman–Crippen LogP) is 1.36. The molecule has 6 nitrogen and oxygen atoms in total. The molecular weight excluding hydrogens is 254 g/mol. The van der Waals surface area contributed by atoms with Crippen LogP contribution in [0.2, 0.25) is 0 Å². The molecule has 0 aromatic carbocycles. The molecule has 0 bridgehead atoms. The largest absolute Gasteiger partial charge is 0.365 e. The molecule has 6 heteroatoms. The summed E-state index contributed by atoms with van der Waals surface area (Å²) in [5, 5.41) is 3.35. The molecule has 1 aromatic heterocycles. The molecule has 2 rings (SSSR count). The SMILES string of the molecule is CC(=O)N1CCN(c2cc(NC(C)(C)C)ncn2)CC1. The van der Waals surface area contributed by atoms with Crippen LogP contribution in [0.3, 0.4) is 0 Å². The fraction of sp³-hybridized carbons (Fsp3) is 0.643. The summed E-state index contributed by atoms with van der Waals surface area (Å²) in [6, 6.07) is 1.97. The first-order chi connectivity index (χ1) is 9.35. The van der Waals surface area contributed by atoms with Crippen LogP contribution in [0, 0.1) is 0 Å². The standard InChI is InChI=1S/C14H23N5O/c1-11(20)18-5-7-19(8-6-18)13-9-12(15-10-16-13)17-14(2,3)4/h9-10H,5-8H2,1-4H3,(H,15,16,17). The van der Waals surface area contributed by atoms with Gasteiger partial charge in [0.2, 0.25) is 5.91 Å². The molecule has 0 aliphatic carbocycles. The van der Waals surface area contributed by atoms with Gasteiger partial charge >= 0.3 is 0 Å². The molecule has 1 saturated heterocycles. The monoisotopic (exact) mass is 277 g/mol. The van der Waals surface area contributed by atoms with E-state index in [0.29, 0.717) is 0 Å². The van der Waals surface area contributed by atoms with Gasteiger partial charge in [0.1, 0.15) is 18.0 Å². The van der Waals surface area contributed by atoms with Gasteiger partial charge < -0.3 is 15.1 Å². The number of rotatable bonds is 2. The lowest BCUT2D eigenvalue weighted by Crippen LogP contribution is -2.48. The van der Waals surface area contributed by atoms with E-state index in [1.807, 2.05) is 11.0 Å². The van der Waals surface area contributed by atoms with Crippen molar-refractivity contribution in [1.29, 1.82) is 0 Å². The molecule has 1 aliphatic rings. The second-order valence-corrected chi connectivity index (χ2v) is 6.13. The second-order valence-electron chi connectivity index (χ2n) is 6.13. The van der Waals surface area contributed by atoms with Gasteiger partial charge in [0.05, 0.1) is 0 Å². The molecule has 0 saturated carbocycles. The molecule has 0 spiro atoms. The molecular formula is C14H23N5O. The number of aromatic nitrogens is 2. The number of hydrogen-bond donors (Lipinski definition) is 1. The van der Waals surface area contributed by atoms with Crippen LogP contribution in [0.5, 0.6) is 0 Å². The number of anilines is 2. The van der Waals surface area contributed by atoms with Crippen LogP contribution in [-0.4, -0.2) is 52.5 Å². The Morgan fingerprint density at radius 1 is 1.20 bits per heavy atom. The van der Waals surface area contributed by atoms with E-state index in [0.717, 1.165) is 37.8 Å². The van der Waals surface area contributed by atoms with Gasteiger partial charge in [-0.1, -0.05) is 0 Å². The molecule has 1 N–H and O–H groups in total. The molecule has 0 unspecified atom stereocenters. The topological polar surface area (TPSA) is 61.4 Å². The summed E-state index contributed by atoms with van der Waals surface area (Å²) in [7, 11) is 0. The number of piperazine rings is 1. The Hall–Kier alpha value is -1.85. The molecule has 1 aliphatic heterocycles. The highest BCUT2D eigenvalue weighted by Crippen LogP contribution is 2.18. The Kier molecular flexibility index (Phi) is 4.11. The minimum atomic E-state index is -0.0288. The normalized spacial score (nSPS) is 16.2. The minimum Gasteiger partial charge on any atom is -0.365 e. The van der Waals surface area contributed by atoms with Gasteiger partial charge in [-0.25, -0.2) is 9.97 Å². The Labute approximate surface area is 120 Å². The number of nitrogens with one attached hydrogen (secondary N) is 1. The maximum atomic E-state index is 11.3. The molecule has 0 atom stereocenters. The zero-order chi connectivity index (χ0) is 14.8. The third-order valence-electron chi connectivity index (χ3n) is 3.20. The van der Waals surface area contributed by atoms with Crippen molar-refractivity contribution in [3.8, 4) is 0 Å². The van der Waals surface area contributed by atoms with Crippen molar-refractivity contribution in [3.63, 3.8) is 0 Å². The van der Waals surface area contributed by atoms with Gasteiger partial charge in [-0.15, -0.1) is 0 Å². The molecule has 1 aromatic rings. The first-order valence-electron chi connectivity index (χ1n) is 6.96. The zero-order valence-corrected chi connectivity index (χ0v) is 12.7. The highest BCUT2D eigenvalue weighted by molar-refractivity contribution is 5.73. The summed E-state index contributed by atoms with van der Waals surface area (Å²) in [4.78, 5) is 24.0. The van der Waals surface area contributed by atoms with Crippen molar-refractivity contribution in [2.45, 2.75) is 33.2 Å². The lowest BCUT2D eigenvalue weighted by Gasteiger charge is -2.35. The average Bonchev–Trinajstić information content (AvgIpc) is 2.37. The molecule has 2 heterocycles. The summed E-state index contributed by atoms with van der Waals surface area (Å²) in [5.41, 5.74) is -0.0288. The van der Waals surface area contributed by atoms with Crippen LogP contribution in [0.4, 0.5) is 11.6 Å². The quantitative estimate of drug-likeness (QED) is 0.884. The smallest absolute Gasteiger partial charge is 0.219 e.